The molecule has 3 N–H and O–H groups in total. The minimum absolute atomic E-state index is 0.0421. The molecular weight excluding hydrogens is 264 g/mol. The SMILES string of the molecule is CC(NC(=O)C1(C)CCCO1)c1ccc(C#CCN)cc1. The highest BCUT2D eigenvalue weighted by molar-refractivity contribution is 5.85. The van der Waals surface area contributed by atoms with E-state index in [2.05, 4.69) is 17.2 Å². The molecule has 2 atom stereocenters. The zero-order valence-corrected chi connectivity index (χ0v) is 12.6. The van der Waals surface area contributed by atoms with Gasteiger partial charge in [0.15, 0.2) is 0 Å². The minimum Gasteiger partial charge on any atom is -0.365 e. The zero-order chi connectivity index (χ0) is 15.3. The van der Waals surface area contributed by atoms with Crippen LogP contribution in [0.2, 0.25) is 0 Å². The van der Waals surface area contributed by atoms with E-state index < -0.39 is 5.60 Å². The molecule has 1 aliphatic rings. The Bertz CT molecular complexity index is 548. The number of hydrogen-bond donors (Lipinski definition) is 2. The second-order valence-electron chi connectivity index (χ2n) is 5.51. The van der Waals surface area contributed by atoms with Crippen molar-refractivity contribution in [2.45, 2.75) is 38.3 Å². The fourth-order valence-electron chi connectivity index (χ4n) is 2.40. The van der Waals surface area contributed by atoms with Crippen LogP contribution in [-0.2, 0) is 9.53 Å². The Kier molecular flexibility index (Phi) is 5.00. The molecule has 112 valence electrons. The van der Waals surface area contributed by atoms with Crippen molar-refractivity contribution in [3.63, 3.8) is 0 Å². The van der Waals surface area contributed by atoms with Crippen molar-refractivity contribution < 1.29 is 9.53 Å². The molecule has 0 aliphatic carbocycles. The van der Waals surface area contributed by atoms with Crippen LogP contribution in [0.5, 0.6) is 0 Å². The lowest BCUT2D eigenvalue weighted by Crippen LogP contribution is -2.44. The van der Waals surface area contributed by atoms with Gasteiger partial charge in [0.05, 0.1) is 12.6 Å². The molecule has 1 aromatic rings. The molecule has 1 saturated heterocycles. The second kappa shape index (κ2) is 6.75. The number of amides is 1. The standard InChI is InChI=1S/C17H22N2O2/c1-13(19-16(20)17(2)10-4-12-21-17)15-8-6-14(7-9-15)5-3-11-18/h6-9,13H,4,10-12,18H2,1-2H3,(H,19,20). The average molecular weight is 286 g/mol. The van der Waals surface area contributed by atoms with Crippen LogP contribution in [0, 0.1) is 11.8 Å². The Morgan fingerprint density at radius 3 is 2.76 bits per heavy atom. The monoisotopic (exact) mass is 286 g/mol. The van der Waals surface area contributed by atoms with E-state index in [1.54, 1.807) is 0 Å². The van der Waals surface area contributed by atoms with Gasteiger partial charge in [0, 0.05) is 12.2 Å². The topological polar surface area (TPSA) is 64.3 Å². The molecule has 0 radical (unpaired) electrons. The normalized spacial score (nSPS) is 22.2. The molecule has 1 amide bonds. The third kappa shape index (κ3) is 3.84. The van der Waals surface area contributed by atoms with Crippen molar-refractivity contribution in [1.29, 1.82) is 0 Å². The Morgan fingerprint density at radius 2 is 2.19 bits per heavy atom. The number of carbonyl (C=O) groups is 1. The van der Waals surface area contributed by atoms with Crippen molar-refractivity contribution in [1.82, 2.24) is 5.32 Å². The first-order valence-electron chi connectivity index (χ1n) is 7.29. The number of rotatable bonds is 3. The molecule has 0 spiro atoms. The van der Waals surface area contributed by atoms with Crippen LogP contribution >= 0.6 is 0 Å². The third-order valence-electron chi connectivity index (χ3n) is 3.79. The second-order valence-corrected chi connectivity index (χ2v) is 5.51. The quantitative estimate of drug-likeness (QED) is 0.832. The Labute approximate surface area is 126 Å². The largest absolute Gasteiger partial charge is 0.365 e. The van der Waals surface area contributed by atoms with Gasteiger partial charge in [-0.3, -0.25) is 4.79 Å². The van der Waals surface area contributed by atoms with Gasteiger partial charge in [-0.2, -0.15) is 0 Å². The van der Waals surface area contributed by atoms with Crippen LogP contribution in [0.1, 0.15) is 43.9 Å². The number of hydrogen-bond acceptors (Lipinski definition) is 3. The maximum atomic E-state index is 12.3. The van der Waals surface area contributed by atoms with Gasteiger partial charge in [-0.25, -0.2) is 0 Å². The summed E-state index contributed by atoms with van der Waals surface area (Å²) < 4.78 is 5.56. The lowest BCUT2D eigenvalue weighted by atomic mass is 10.00. The van der Waals surface area contributed by atoms with Gasteiger partial charge in [-0.15, -0.1) is 0 Å². The van der Waals surface area contributed by atoms with E-state index in [0.717, 1.165) is 24.0 Å². The van der Waals surface area contributed by atoms with Gasteiger partial charge in [0.25, 0.3) is 5.91 Å². The van der Waals surface area contributed by atoms with Crippen LogP contribution in [0.15, 0.2) is 24.3 Å². The fourth-order valence-corrected chi connectivity index (χ4v) is 2.40. The number of carbonyl (C=O) groups excluding carboxylic acids is 1. The molecule has 2 rings (SSSR count). The van der Waals surface area contributed by atoms with E-state index in [1.165, 1.54) is 0 Å². The van der Waals surface area contributed by atoms with Crippen molar-refractivity contribution in [3.8, 4) is 11.8 Å². The zero-order valence-electron chi connectivity index (χ0n) is 12.6. The van der Waals surface area contributed by atoms with Gasteiger partial charge in [0.2, 0.25) is 0 Å². The molecule has 4 heteroatoms. The van der Waals surface area contributed by atoms with E-state index in [4.69, 9.17) is 10.5 Å². The highest BCUT2D eigenvalue weighted by Gasteiger charge is 2.38. The summed E-state index contributed by atoms with van der Waals surface area (Å²) >= 11 is 0. The lowest BCUT2D eigenvalue weighted by Gasteiger charge is -2.25. The summed E-state index contributed by atoms with van der Waals surface area (Å²) in [5, 5.41) is 3.02. The summed E-state index contributed by atoms with van der Waals surface area (Å²) in [6.45, 7) is 4.84. The van der Waals surface area contributed by atoms with E-state index in [-0.39, 0.29) is 11.9 Å². The van der Waals surface area contributed by atoms with Gasteiger partial charge in [-0.05, 0) is 44.4 Å². The molecule has 1 fully saturated rings. The fraction of sp³-hybridized carbons (Fsp3) is 0.471. The number of ether oxygens (including phenoxy) is 1. The van der Waals surface area contributed by atoms with Crippen molar-refractivity contribution in [2.24, 2.45) is 5.73 Å². The smallest absolute Gasteiger partial charge is 0.252 e. The van der Waals surface area contributed by atoms with Crippen molar-refractivity contribution >= 4 is 5.91 Å². The highest BCUT2D eigenvalue weighted by Crippen LogP contribution is 2.26. The lowest BCUT2D eigenvalue weighted by molar-refractivity contribution is -0.140. The maximum absolute atomic E-state index is 12.3. The van der Waals surface area contributed by atoms with Gasteiger partial charge in [0.1, 0.15) is 5.60 Å². The third-order valence-corrected chi connectivity index (χ3v) is 3.79. The predicted octanol–water partition coefficient (Wildman–Crippen LogP) is 1.74. The van der Waals surface area contributed by atoms with Crippen molar-refractivity contribution in [2.75, 3.05) is 13.2 Å². The number of benzene rings is 1. The van der Waals surface area contributed by atoms with Crippen LogP contribution in [0.4, 0.5) is 0 Å². The van der Waals surface area contributed by atoms with E-state index in [1.807, 2.05) is 38.1 Å². The van der Waals surface area contributed by atoms with Gasteiger partial charge >= 0.3 is 0 Å². The summed E-state index contributed by atoms with van der Waals surface area (Å²) in [6, 6.07) is 7.77. The minimum atomic E-state index is -0.680. The van der Waals surface area contributed by atoms with E-state index in [9.17, 15) is 4.79 Å². The van der Waals surface area contributed by atoms with E-state index in [0.29, 0.717) is 13.2 Å². The summed E-state index contributed by atoms with van der Waals surface area (Å²) in [5.41, 5.74) is 6.64. The Morgan fingerprint density at radius 1 is 1.48 bits per heavy atom. The molecule has 1 heterocycles. The Balaban J connectivity index is 1.99. The first kappa shape index (κ1) is 15.6. The first-order valence-corrected chi connectivity index (χ1v) is 7.29. The van der Waals surface area contributed by atoms with Gasteiger partial charge < -0.3 is 15.8 Å². The molecule has 4 nitrogen and oxygen atoms in total. The molecule has 1 aromatic carbocycles. The van der Waals surface area contributed by atoms with E-state index >= 15 is 0 Å². The summed E-state index contributed by atoms with van der Waals surface area (Å²) in [5.74, 6) is 5.76. The van der Waals surface area contributed by atoms with Crippen LogP contribution in [0.25, 0.3) is 0 Å². The molecule has 2 unspecified atom stereocenters. The molecule has 0 bridgehead atoms. The predicted molar refractivity (Wildman–Crippen MR) is 82.5 cm³/mol. The maximum Gasteiger partial charge on any atom is 0.252 e. The Hall–Kier alpha value is -1.83. The van der Waals surface area contributed by atoms with Crippen LogP contribution in [0.3, 0.4) is 0 Å². The average Bonchev–Trinajstić information content (AvgIpc) is 2.94. The molecular formula is C17H22N2O2. The van der Waals surface area contributed by atoms with Crippen LogP contribution < -0.4 is 11.1 Å². The summed E-state index contributed by atoms with van der Waals surface area (Å²) in [4.78, 5) is 12.3. The highest BCUT2D eigenvalue weighted by atomic mass is 16.5. The van der Waals surface area contributed by atoms with Crippen molar-refractivity contribution in [3.05, 3.63) is 35.4 Å². The number of nitrogens with two attached hydrogens (primary N) is 1. The number of nitrogens with one attached hydrogen (secondary N) is 1. The summed E-state index contributed by atoms with van der Waals surface area (Å²) in [6.07, 6.45) is 1.71. The molecule has 21 heavy (non-hydrogen) atoms. The summed E-state index contributed by atoms with van der Waals surface area (Å²) in [7, 11) is 0. The molecule has 0 saturated carbocycles. The molecule has 1 aliphatic heterocycles. The van der Waals surface area contributed by atoms with Gasteiger partial charge in [-0.1, -0.05) is 24.0 Å². The van der Waals surface area contributed by atoms with Crippen LogP contribution in [-0.4, -0.2) is 24.7 Å². The molecule has 0 aromatic heterocycles. The first-order chi connectivity index (χ1) is 10.0.